The molecule has 1 N–H and O–H groups in total. The molecule has 0 radical (unpaired) electrons. The van der Waals surface area contributed by atoms with Crippen LogP contribution >= 0.6 is 0 Å². The van der Waals surface area contributed by atoms with Crippen LogP contribution in [0.5, 0.6) is 0 Å². The second-order valence-corrected chi connectivity index (χ2v) is 6.49. The number of hydrogen-bond acceptors (Lipinski definition) is 5. The summed E-state index contributed by atoms with van der Waals surface area (Å²) in [7, 11) is 0. The monoisotopic (exact) mass is 341 g/mol. The topological polar surface area (TPSA) is 81.2 Å². The maximum atomic E-state index is 12.3. The largest absolute Gasteiger partial charge is 0.448 e. The third-order valence-electron chi connectivity index (χ3n) is 4.51. The first-order valence-electron chi connectivity index (χ1n) is 8.86. The normalized spacial score (nSPS) is 16.8. The van der Waals surface area contributed by atoms with Gasteiger partial charge in [0.15, 0.2) is 11.8 Å². The van der Waals surface area contributed by atoms with Gasteiger partial charge in [-0.25, -0.2) is 9.78 Å². The quantitative estimate of drug-likeness (QED) is 0.683. The van der Waals surface area contributed by atoms with Crippen molar-refractivity contribution in [1.82, 2.24) is 15.3 Å². The molecule has 2 aromatic rings. The van der Waals surface area contributed by atoms with Gasteiger partial charge in [0.1, 0.15) is 0 Å². The Morgan fingerprint density at radius 3 is 2.52 bits per heavy atom. The average Bonchev–Trinajstić information content (AvgIpc) is 2.89. The van der Waals surface area contributed by atoms with Crippen LogP contribution in [0.15, 0.2) is 30.5 Å². The highest BCUT2D eigenvalue weighted by atomic mass is 16.5. The highest BCUT2D eigenvalue weighted by Crippen LogP contribution is 2.17. The van der Waals surface area contributed by atoms with E-state index in [-0.39, 0.29) is 17.6 Å². The van der Waals surface area contributed by atoms with E-state index in [4.69, 9.17) is 4.74 Å². The Morgan fingerprint density at radius 2 is 1.80 bits per heavy atom. The third kappa shape index (κ3) is 4.53. The van der Waals surface area contributed by atoms with E-state index in [0.29, 0.717) is 11.0 Å². The number of para-hydroxylation sites is 2. The zero-order valence-corrected chi connectivity index (χ0v) is 14.4. The average molecular weight is 341 g/mol. The number of fused-ring (bicyclic) bond motifs is 1. The van der Waals surface area contributed by atoms with Gasteiger partial charge in [0.25, 0.3) is 5.91 Å². The van der Waals surface area contributed by atoms with Crippen molar-refractivity contribution in [1.29, 1.82) is 0 Å². The van der Waals surface area contributed by atoms with E-state index in [9.17, 15) is 9.59 Å². The molecule has 0 aliphatic heterocycles. The zero-order chi connectivity index (χ0) is 17.6. The number of hydrogen-bond donors (Lipinski definition) is 1. The van der Waals surface area contributed by atoms with Gasteiger partial charge in [-0.2, -0.15) is 0 Å². The molecule has 1 amide bonds. The fraction of sp³-hybridized carbons (Fsp3) is 0.474. The van der Waals surface area contributed by atoms with E-state index in [0.717, 1.165) is 25.7 Å². The van der Waals surface area contributed by atoms with Crippen LogP contribution in [0.25, 0.3) is 11.0 Å². The van der Waals surface area contributed by atoms with Crippen molar-refractivity contribution >= 4 is 22.9 Å². The molecule has 1 heterocycles. The van der Waals surface area contributed by atoms with E-state index in [2.05, 4.69) is 15.3 Å². The number of ether oxygens (including phenoxy) is 1. The minimum atomic E-state index is -0.857. The predicted octanol–water partition coefficient (Wildman–Crippen LogP) is 3.01. The molecule has 0 spiro atoms. The molecular weight excluding hydrogens is 318 g/mol. The molecule has 1 aliphatic rings. The number of nitrogens with one attached hydrogen (secondary N) is 1. The molecule has 1 aromatic heterocycles. The summed E-state index contributed by atoms with van der Waals surface area (Å²) in [6, 6.07) is 7.46. The van der Waals surface area contributed by atoms with Gasteiger partial charge in [-0.05, 0) is 31.9 Å². The SMILES string of the molecule is CC(OC(=O)c1cnc2ccccc2n1)C(=O)NC1CCCCCC1. The number of nitrogens with zero attached hydrogens (tertiary/aromatic N) is 2. The highest BCUT2D eigenvalue weighted by Gasteiger charge is 2.23. The first kappa shape index (κ1) is 17.3. The summed E-state index contributed by atoms with van der Waals surface area (Å²) in [4.78, 5) is 33.0. The summed E-state index contributed by atoms with van der Waals surface area (Å²) >= 11 is 0. The molecular formula is C19H23N3O3. The van der Waals surface area contributed by atoms with Gasteiger partial charge in [0.2, 0.25) is 0 Å². The number of benzene rings is 1. The Balaban J connectivity index is 1.59. The molecule has 1 aromatic carbocycles. The van der Waals surface area contributed by atoms with Crippen molar-refractivity contribution < 1.29 is 14.3 Å². The van der Waals surface area contributed by atoms with Crippen molar-refractivity contribution in [2.45, 2.75) is 57.6 Å². The van der Waals surface area contributed by atoms with Gasteiger partial charge in [0.05, 0.1) is 17.2 Å². The fourth-order valence-electron chi connectivity index (χ4n) is 3.07. The minimum absolute atomic E-state index is 0.104. The second kappa shape index (κ2) is 8.05. The van der Waals surface area contributed by atoms with Crippen molar-refractivity contribution in [3.8, 4) is 0 Å². The fourth-order valence-corrected chi connectivity index (χ4v) is 3.07. The molecule has 132 valence electrons. The molecule has 1 aliphatic carbocycles. The number of aromatic nitrogens is 2. The van der Waals surface area contributed by atoms with Crippen LogP contribution in [-0.2, 0) is 9.53 Å². The van der Waals surface area contributed by atoms with Crippen LogP contribution in [-0.4, -0.2) is 34.0 Å². The standard InChI is InChI=1S/C19H23N3O3/c1-13(18(23)21-14-8-4-2-3-5-9-14)25-19(24)17-12-20-15-10-6-7-11-16(15)22-17/h6-7,10-14H,2-5,8-9H2,1H3,(H,21,23). The lowest BCUT2D eigenvalue weighted by atomic mass is 10.1. The van der Waals surface area contributed by atoms with Crippen LogP contribution in [0.3, 0.4) is 0 Å². The van der Waals surface area contributed by atoms with Gasteiger partial charge in [-0.15, -0.1) is 0 Å². The first-order chi connectivity index (χ1) is 12.1. The van der Waals surface area contributed by atoms with Crippen LogP contribution in [0, 0.1) is 0 Å². The smallest absolute Gasteiger partial charge is 0.359 e. The summed E-state index contributed by atoms with van der Waals surface area (Å²) in [6.45, 7) is 1.58. The predicted molar refractivity (Wildman–Crippen MR) is 94.0 cm³/mol. The Bertz CT molecular complexity index is 754. The van der Waals surface area contributed by atoms with Crippen molar-refractivity contribution in [2.24, 2.45) is 0 Å². The molecule has 1 unspecified atom stereocenters. The Morgan fingerprint density at radius 1 is 1.12 bits per heavy atom. The molecule has 3 rings (SSSR count). The lowest BCUT2D eigenvalue weighted by molar-refractivity contribution is -0.129. The Labute approximate surface area is 147 Å². The van der Waals surface area contributed by atoms with Crippen LogP contribution < -0.4 is 5.32 Å². The lowest BCUT2D eigenvalue weighted by Crippen LogP contribution is -2.41. The minimum Gasteiger partial charge on any atom is -0.448 e. The summed E-state index contributed by atoms with van der Waals surface area (Å²) in [6.07, 6.45) is 7.20. The maximum Gasteiger partial charge on any atom is 0.359 e. The number of amides is 1. The highest BCUT2D eigenvalue weighted by molar-refractivity contribution is 5.92. The van der Waals surface area contributed by atoms with Gasteiger partial charge in [-0.3, -0.25) is 9.78 Å². The molecule has 1 saturated carbocycles. The van der Waals surface area contributed by atoms with Gasteiger partial charge < -0.3 is 10.1 Å². The molecule has 25 heavy (non-hydrogen) atoms. The van der Waals surface area contributed by atoms with Crippen LogP contribution in [0.4, 0.5) is 0 Å². The molecule has 6 nitrogen and oxygen atoms in total. The summed E-state index contributed by atoms with van der Waals surface area (Å²) in [5, 5.41) is 2.99. The molecule has 6 heteroatoms. The van der Waals surface area contributed by atoms with Gasteiger partial charge >= 0.3 is 5.97 Å². The second-order valence-electron chi connectivity index (χ2n) is 6.49. The molecule has 1 atom stereocenters. The zero-order valence-electron chi connectivity index (χ0n) is 14.4. The lowest BCUT2D eigenvalue weighted by Gasteiger charge is -2.19. The van der Waals surface area contributed by atoms with Crippen molar-refractivity contribution in [3.63, 3.8) is 0 Å². The van der Waals surface area contributed by atoms with Gasteiger partial charge in [-0.1, -0.05) is 37.8 Å². The maximum absolute atomic E-state index is 12.3. The van der Waals surface area contributed by atoms with Crippen LogP contribution in [0.2, 0.25) is 0 Å². The Hall–Kier alpha value is -2.50. The van der Waals surface area contributed by atoms with Gasteiger partial charge in [0, 0.05) is 6.04 Å². The number of carbonyl (C=O) groups excluding carboxylic acids is 2. The van der Waals surface area contributed by atoms with E-state index in [1.807, 2.05) is 18.2 Å². The number of carbonyl (C=O) groups is 2. The number of esters is 1. The molecule has 0 saturated heterocycles. The van der Waals surface area contributed by atoms with E-state index < -0.39 is 12.1 Å². The third-order valence-corrected chi connectivity index (χ3v) is 4.51. The van der Waals surface area contributed by atoms with Crippen LogP contribution in [0.1, 0.15) is 55.9 Å². The first-order valence-corrected chi connectivity index (χ1v) is 8.86. The summed E-state index contributed by atoms with van der Waals surface area (Å²) in [5.74, 6) is -0.893. The molecule has 1 fully saturated rings. The van der Waals surface area contributed by atoms with E-state index in [1.165, 1.54) is 19.0 Å². The molecule has 0 bridgehead atoms. The Kier molecular flexibility index (Phi) is 5.58. The van der Waals surface area contributed by atoms with Crippen molar-refractivity contribution in [2.75, 3.05) is 0 Å². The van der Waals surface area contributed by atoms with E-state index >= 15 is 0 Å². The number of rotatable bonds is 4. The summed E-state index contributed by atoms with van der Waals surface area (Å²) < 4.78 is 5.27. The summed E-state index contributed by atoms with van der Waals surface area (Å²) in [5.41, 5.74) is 1.43. The van der Waals surface area contributed by atoms with E-state index in [1.54, 1.807) is 13.0 Å². The van der Waals surface area contributed by atoms with Crippen molar-refractivity contribution in [3.05, 3.63) is 36.2 Å².